The van der Waals surface area contributed by atoms with Crippen LogP contribution in [0, 0.1) is 23.3 Å². The van der Waals surface area contributed by atoms with Gasteiger partial charge in [0.15, 0.2) is 23.3 Å². The average molecular weight is 251 g/mol. The van der Waals surface area contributed by atoms with Gasteiger partial charge in [-0.2, -0.15) is 0 Å². The van der Waals surface area contributed by atoms with E-state index in [1.54, 1.807) is 0 Å². The molecule has 1 fully saturated rings. The van der Waals surface area contributed by atoms with Crippen LogP contribution in [0.1, 0.15) is 26.7 Å². The van der Waals surface area contributed by atoms with Crippen LogP contribution in [0.25, 0.3) is 0 Å². The van der Waals surface area contributed by atoms with E-state index in [1.807, 2.05) is 0 Å². The number of nitrogens with one attached hydrogen (secondary N) is 1. The molecule has 1 saturated heterocycles. The van der Waals surface area contributed by atoms with E-state index >= 15 is 0 Å². The minimum atomic E-state index is -1.78. The summed E-state index contributed by atoms with van der Waals surface area (Å²) in [5.74, 6) is -6.34. The predicted octanol–water partition coefficient (Wildman–Crippen LogP) is 3.64. The van der Waals surface area contributed by atoms with Crippen LogP contribution in [0.15, 0.2) is 12.1 Å². The first-order valence-electron chi connectivity index (χ1n) is 5.12. The van der Waals surface area contributed by atoms with Crippen molar-refractivity contribution >= 4 is 0 Å². The molecule has 1 aliphatic heterocycles. The van der Waals surface area contributed by atoms with Crippen molar-refractivity contribution in [2.45, 2.75) is 26.7 Å². The number of benzene rings is 1. The zero-order chi connectivity index (χ0) is 12.0. The van der Waals surface area contributed by atoms with Gasteiger partial charge >= 0.3 is 0 Å². The fourth-order valence-electron chi connectivity index (χ4n) is 1.30. The Hall–Kier alpha value is -1.10. The summed E-state index contributed by atoms with van der Waals surface area (Å²) in [6.07, 6.45) is 4.22. The Morgan fingerprint density at radius 1 is 0.765 bits per heavy atom. The lowest BCUT2D eigenvalue weighted by molar-refractivity contribution is 0.409. The number of halogens is 4. The highest BCUT2D eigenvalue weighted by molar-refractivity contribution is 5.10. The molecule has 0 bridgehead atoms. The van der Waals surface area contributed by atoms with Gasteiger partial charge in [0.25, 0.3) is 0 Å². The van der Waals surface area contributed by atoms with Gasteiger partial charge in [-0.3, -0.25) is 0 Å². The van der Waals surface area contributed by atoms with E-state index in [0.29, 0.717) is 12.1 Å². The second kappa shape index (κ2) is 8.06. The lowest BCUT2D eigenvalue weighted by Crippen LogP contribution is -2.21. The molecule has 0 spiro atoms. The van der Waals surface area contributed by atoms with E-state index in [4.69, 9.17) is 0 Å². The van der Waals surface area contributed by atoms with Gasteiger partial charge in [0.1, 0.15) is 0 Å². The van der Waals surface area contributed by atoms with Crippen molar-refractivity contribution in [3.63, 3.8) is 0 Å². The zero-order valence-electron chi connectivity index (χ0n) is 8.70. The third-order valence-electron chi connectivity index (χ3n) is 2.20. The van der Waals surface area contributed by atoms with Crippen molar-refractivity contribution < 1.29 is 17.6 Å². The smallest absolute Gasteiger partial charge is 0.197 e. The number of hydrogen-bond acceptors (Lipinski definition) is 1. The number of piperidine rings is 1. The molecule has 0 unspecified atom stereocenters. The Morgan fingerprint density at radius 3 is 1.41 bits per heavy atom. The molecule has 1 nitrogen and oxygen atoms in total. The van der Waals surface area contributed by atoms with Crippen LogP contribution in [-0.4, -0.2) is 13.1 Å². The quantitative estimate of drug-likeness (QED) is 0.421. The Bertz CT molecular complexity index is 299. The van der Waals surface area contributed by atoms with Gasteiger partial charge in [-0.25, -0.2) is 17.6 Å². The number of hydrogen-bond donors (Lipinski definition) is 1. The van der Waals surface area contributed by atoms with Crippen molar-refractivity contribution in [2.75, 3.05) is 13.1 Å². The Labute approximate surface area is 98.8 Å². The summed E-state index contributed by atoms with van der Waals surface area (Å²) in [6, 6.07) is 1.04. The van der Waals surface area contributed by atoms with Crippen LogP contribution >= 0.6 is 0 Å². The Kier molecular flexibility index (Phi) is 7.54. The second-order valence-corrected chi connectivity index (χ2v) is 3.47. The monoisotopic (exact) mass is 251 g/mol. The first-order valence-corrected chi connectivity index (χ1v) is 5.12. The highest BCUT2D eigenvalue weighted by Gasteiger charge is 2.11. The summed E-state index contributed by atoms with van der Waals surface area (Å²) in [5, 5.41) is 3.28. The molecule has 0 radical (unpaired) electrons. The summed E-state index contributed by atoms with van der Waals surface area (Å²) in [5.41, 5.74) is 0. The molecular weight excluding hydrogens is 234 g/mol. The van der Waals surface area contributed by atoms with Crippen LogP contribution in [0.4, 0.5) is 17.6 Å². The van der Waals surface area contributed by atoms with Crippen LogP contribution < -0.4 is 5.32 Å². The maximum Gasteiger partial charge on any atom is 0.197 e. The molecule has 1 heterocycles. The van der Waals surface area contributed by atoms with Crippen LogP contribution in [0.3, 0.4) is 0 Å². The molecule has 17 heavy (non-hydrogen) atoms. The molecule has 0 amide bonds. The molecule has 5 heteroatoms. The second-order valence-electron chi connectivity index (χ2n) is 3.47. The molecule has 0 aliphatic carbocycles. The van der Waals surface area contributed by atoms with Crippen LogP contribution in [0.5, 0.6) is 0 Å². The molecule has 1 N–H and O–H groups in total. The number of rotatable bonds is 0. The van der Waals surface area contributed by atoms with Crippen molar-refractivity contribution in [1.82, 2.24) is 5.32 Å². The van der Waals surface area contributed by atoms with E-state index in [1.165, 1.54) is 32.4 Å². The maximum atomic E-state index is 12.0. The third-order valence-corrected chi connectivity index (χ3v) is 2.20. The van der Waals surface area contributed by atoms with Crippen molar-refractivity contribution in [2.24, 2.45) is 0 Å². The van der Waals surface area contributed by atoms with Gasteiger partial charge in [0.05, 0.1) is 0 Å². The molecule has 1 aliphatic rings. The summed E-state index contributed by atoms with van der Waals surface area (Å²) < 4.78 is 48.0. The highest BCUT2D eigenvalue weighted by Crippen LogP contribution is 2.12. The van der Waals surface area contributed by atoms with E-state index < -0.39 is 23.3 Å². The van der Waals surface area contributed by atoms with E-state index in [2.05, 4.69) is 5.32 Å². The first-order chi connectivity index (χ1) is 7.63. The molecule has 1 aromatic rings. The lowest BCUT2D eigenvalue weighted by Gasteiger charge is -2.08. The minimum Gasteiger partial charge on any atom is -0.317 e. The van der Waals surface area contributed by atoms with Crippen molar-refractivity contribution in [3.05, 3.63) is 35.4 Å². The van der Waals surface area contributed by atoms with Gasteiger partial charge in [-0.05, 0) is 38.1 Å². The van der Waals surface area contributed by atoms with Gasteiger partial charge in [0.2, 0.25) is 0 Å². The lowest BCUT2D eigenvalue weighted by atomic mass is 10.2. The van der Waals surface area contributed by atoms with Gasteiger partial charge < -0.3 is 5.32 Å². The molecular formula is C12H17F4N. The molecule has 0 saturated carbocycles. The summed E-state index contributed by atoms with van der Waals surface area (Å²) >= 11 is 0. The van der Waals surface area contributed by atoms with Crippen LogP contribution in [0.2, 0.25) is 0 Å². The Morgan fingerprint density at radius 2 is 1.18 bits per heavy atom. The summed E-state index contributed by atoms with van der Waals surface area (Å²) in [4.78, 5) is 0. The van der Waals surface area contributed by atoms with Gasteiger partial charge in [-0.1, -0.05) is 13.8 Å². The Balaban J connectivity index is 0.000000316. The van der Waals surface area contributed by atoms with E-state index in [0.717, 1.165) is 0 Å². The van der Waals surface area contributed by atoms with Gasteiger partial charge in [0, 0.05) is 0 Å². The van der Waals surface area contributed by atoms with Crippen molar-refractivity contribution in [3.8, 4) is 0 Å². The first kappa shape index (κ1) is 15.9. The van der Waals surface area contributed by atoms with Gasteiger partial charge in [-0.15, -0.1) is 0 Å². The fraction of sp³-hybridized carbons (Fsp3) is 0.500. The average Bonchev–Trinajstić information content (AvgIpc) is 2.35. The van der Waals surface area contributed by atoms with E-state index in [9.17, 15) is 17.6 Å². The zero-order valence-corrected chi connectivity index (χ0v) is 8.70. The van der Waals surface area contributed by atoms with E-state index in [-0.39, 0.29) is 7.43 Å². The topological polar surface area (TPSA) is 12.0 Å². The maximum absolute atomic E-state index is 12.0. The summed E-state index contributed by atoms with van der Waals surface area (Å²) in [6.45, 7) is 2.50. The molecule has 0 atom stereocenters. The standard InChI is InChI=1S/C6H2F4.C5H11N.CH4/c7-3-1-2-4(8)6(10)5(3)9;1-2-4-6-5-3-1;/h1-2H;6H,1-5H2;1H4. The molecule has 1 aromatic carbocycles. The molecule has 98 valence electrons. The SMILES string of the molecule is C.C1CCNCC1.Fc1ccc(F)c(F)c1F. The third kappa shape index (κ3) is 5.17. The largest absolute Gasteiger partial charge is 0.317 e. The fourth-order valence-corrected chi connectivity index (χ4v) is 1.30. The summed E-state index contributed by atoms with van der Waals surface area (Å²) in [7, 11) is 0. The molecule has 2 rings (SSSR count). The normalized spacial score (nSPS) is 14.4. The van der Waals surface area contributed by atoms with Crippen molar-refractivity contribution in [1.29, 1.82) is 0 Å². The predicted molar refractivity (Wildman–Crippen MR) is 59.7 cm³/mol. The van der Waals surface area contributed by atoms with Crippen LogP contribution in [-0.2, 0) is 0 Å². The molecule has 0 aromatic heterocycles. The minimum absolute atomic E-state index is 0. The highest BCUT2D eigenvalue weighted by atomic mass is 19.2.